The van der Waals surface area contributed by atoms with Crippen molar-refractivity contribution in [2.75, 3.05) is 5.32 Å². The maximum absolute atomic E-state index is 9.08. The van der Waals surface area contributed by atoms with E-state index in [-0.39, 0.29) is 11.4 Å². The van der Waals surface area contributed by atoms with Crippen LogP contribution in [0.15, 0.2) is 29.0 Å². The molecule has 0 radical (unpaired) electrons. The number of fused-ring (bicyclic) bond motifs is 1. The molecule has 0 saturated heterocycles. The van der Waals surface area contributed by atoms with Crippen molar-refractivity contribution in [3.8, 4) is 6.07 Å². The second-order valence-corrected chi connectivity index (χ2v) is 4.58. The van der Waals surface area contributed by atoms with Gasteiger partial charge in [0.2, 0.25) is 5.82 Å². The number of allylic oxidation sites excluding steroid dienone is 1. The van der Waals surface area contributed by atoms with Crippen molar-refractivity contribution in [3.63, 3.8) is 0 Å². The number of nitriles is 1. The first-order valence-electron chi connectivity index (χ1n) is 5.53. The summed E-state index contributed by atoms with van der Waals surface area (Å²) >= 11 is 3.38. The predicted octanol–water partition coefficient (Wildman–Crippen LogP) is 1.82. The van der Waals surface area contributed by atoms with Crippen molar-refractivity contribution in [3.05, 3.63) is 34.8 Å². The third kappa shape index (κ3) is 2.12. The Kier molecular flexibility index (Phi) is 3.14. The second kappa shape index (κ2) is 5.10. The lowest BCUT2D eigenvalue weighted by Gasteiger charge is -2.01. The van der Waals surface area contributed by atoms with Gasteiger partial charge in [-0.2, -0.15) is 15.6 Å². The highest BCUT2D eigenvalue weighted by atomic mass is 79.9. The zero-order valence-electron chi connectivity index (χ0n) is 9.92. The first-order valence-corrected chi connectivity index (χ1v) is 6.32. The van der Waals surface area contributed by atoms with Crippen LogP contribution in [0, 0.1) is 11.3 Å². The van der Waals surface area contributed by atoms with Crippen LogP contribution in [-0.4, -0.2) is 30.8 Å². The minimum atomic E-state index is 0.232. The van der Waals surface area contributed by atoms with Gasteiger partial charge in [-0.25, -0.2) is 0 Å². The van der Waals surface area contributed by atoms with Crippen LogP contribution in [0.4, 0.5) is 5.69 Å². The van der Waals surface area contributed by atoms with Crippen molar-refractivity contribution in [2.24, 2.45) is 0 Å². The van der Waals surface area contributed by atoms with Gasteiger partial charge in [0.15, 0.2) is 0 Å². The number of aromatic amines is 2. The van der Waals surface area contributed by atoms with E-state index >= 15 is 0 Å². The molecule has 0 saturated carbocycles. The SMILES string of the molecule is N#CC(=CNc1cccc2c(Br)[nH]nc12)c1nn[nH]n1. The molecule has 0 atom stereocenters. The first-order chi connectivity index (χ1) is 9.79. The number of anilines is 1. The van der Waals surface area contributed by atoms with Gasteiger partial charge in [-0.05, 0) is 33.3 Å². The highest BCUT2D eigenvalue weighted by Gasteiger charge is 2.08. The molecule has 0 unspecified atom stereocenters. The monoisotopic (exact) mass is 330 g/mol. The maximum atomic E-state index is 9.08. The number of aromatic nitrogens is 6. The average molecular weight is 331 g/mol. The minimum Gasteiger partial charge on any atom is -0.358 e. The Morgan fingerprint density at radius 2 is 2.30 bits per heavy atom. The highest BCUT2D eigenvalue weighted by molar-refractivity contribution is 9.10. The summed E-state index contributed by atoms with van der Waals surface area (Å²) in [4.78, 5) is 0. The summed E-state index contributed by atoms with van der Waals surface area (Å²) in [6.07, 6.45) is 1.52. The Balaban J connectivity index is 1.96. The zero-order chi connectivity index (χ0) is 13.9. The number of nitrogens with one attached hydrogen (secondary N) is 3. The van der Waals surface area contributed by atoms with Gasteiger partial charge in [-0.15, -0.1) is 10.2 Å². The molecule has 2 heterocycles. The number of nitrogens with zero attached hydrogens (tertiary/aromatic N) is 5. The Bertz CT molecular complexity index is 811. The number of hydrogen-bond acceptors (Lipinski definition) is 6. The molecular formula is C11H7BrN8. The van der Waals surface area contributed by atoms with Gasteiger partial charge in [-0.1, -0.05) is 6.07 Å². The van der Waals surface area contributed by atoms with Crippen LogP contribution in [0.1, 0.15) is 5.82 Å². The fraction of sp³-hybridized carbons (Fsp3) is 0. The van der Waals surface area contributed by atoms with Crippen molar-refractivity contribution >= 4 is 38.1 Å². The number of halogens is 1. The van der Waals surface area contributed by atoms with Gasteiger partial charge in [0, 0.05) is 11.6 Å². The lowest BCUT2D eigenvalue weighted by Crippen LogP contribution is -1.93. The van der Waals surface area contributed by atoms with Gasteiger partial charge in [0.1, 0.15) is 21.8 Å². The topological polar surface area (TPSA) is 119 Å². The number of benzene rings is 1. The molecular weight excluding hydrogens is 324 g/mol. The highest BCUT2D eigenvalue weighted by Crippen LogP contribution is 2.27. The molecule has 0 aliphatic carbocycles. The van der Waals surface area contributed by atoms with Crippen molar-refractivity contribution in [1.82, 2.24) is 30.8 Å². The molecule has 0 aliphatic rings. The molecule has 98 valence electrons. The van der Waals surface area contributed by atoms with Crippen LogP contribution in [-0.2, 0) is 0 Å². The van der Waals surface area contributed by atoms with Gasteiger partial charge in [-0.3, -0.25) is 5.10 Å². The Labute approximate surface area is 121 Å². The summed E-state index contributed by atoms with van der Waals surface area (Å²) < 4.78 is 0.804. The summed E-state index contributed by atoms with van der Waals surface area (Å²) in [6.45, 7) is 0. The Hall–Kier alpha value is -2.73. The van der Waals surface area contributed by atoms with E-state index in [0.717, 1.165) is 21.2 Å². The lowest BCUT2D eigenvalue weighted by atomic mass is 10.2. The van der Waals surface area contributed by atoms with E-state index in [1.54, 1.807) is 0 Å². The van der Waals surface area contributed by atoms with Crippen LogP contribution >= 0.6 is 15.9 Å². The summed E-state index contributed by atoms with van der Waals surface area (Å²) in [5, 5.41) is 33.3. The maximum Gasteiger partial charge on any atom is 0.216 e. The van der Waals surface area contributed by atoms with Crippen LogP contribution < -0.4 is 5.32 Å². The first kappa shape index (κ1) is 12.3. The van der Waals surface area contributed by atoms with E-state index in [9.17, 15) is 0 Å². The molecule has 2 aromatic heterocycles. The molecule has 0 bridgehead atoms. The van der Waals surface area contributed by atoms with E-state index in [0.29, 0.717) is 0 Å². The summed E-state index contributed by atoms with van der Waals surface area (Å²) in [7, 11) is 0. The van der Waals surface area contributed by atoms with Gasteiger partial charge < -0.3 is 5.32 Å². The summed E-state index contributed by atoms with van der Waals surface area (Å²) in [5.74, 6) is 0.232. The Morgan fingerprint density at radius 1 is 1.40 bits per heavy atom. The van der Waals surface area contributed by atoms with Crippen molar-refractivity contribution in [2.45, 2.75) is 0 Å². The van der Waals surface area contributed by atoms with Crippen molar-refractivity contribution in [1.29, 1.82) is 5.26 Å². The number of H-pyrrole nitrogens is 2. The van der Waals surface area contributed by atoms with E-state index in [2.05, 4.69) is 52.1 Å². The molecule has 20 heavy (non-hydrogen) atoms. The molecule has 1 aromatic carbocycles. The molecule has 3 rings (SSSR count). The van der Waals surface area contributed by atoms with Crippen molar-refractivity contribution < 1.29 is 0 Å². The second-order valence-electron chi connectivity index (χ2n) is 3.79. The van der Waals surface area contributed by atoms with Crippen LogP contribution in [0.2, 0.25) is 0 Å². The smallest absolute Gasteiger partial charge is 0.216 e. The fourth-order valence-corrected chi connectivity index (χ4v) is 2.10. The molecule has 9 heteroatoms. The molecule has 3 N–H and O–H groups in total. The molecule has 3 aromatic rings. The fourth-order valence-electron chi connectivity index (χ4n) is 1.70. The minimum absolute atomic E-state index is 0.232. The largest absolute Gasteiger partial charge is 0.358 e. The quantitative estimate of drug-likeness (QED) is 0.630. The number of tetrazole rings is 1. The third-order valence-corrected chi connectivity index (χ3v) is 3.22. The number of para-hydroxylation sites is 1. The van der Waals surface area contributed by atoms with E-state index in [4.69, 9.17) is 5.26 Å². The Morgan fingerprint density at radius 3 is 3.05 bits per heavy atom. The molecule has 8 nitrogen and oxygen atoms in total. The summed E-state index contributed by atoms with van der Waals surface area (Å²) in [6, 6.07) is 7.68. The normalized spacial score (nSPS) is 11.5. The number of rotatable bonds is 3. The van der Waals surface area contributed by atoms with E-state index < -0.39 is 0 Å². The van der Waals surface area contributed by atoms with E-state index in [1.165, 1.54) is 6.20 Å². The molecule has 0 aliphatic heterocycles. The average Bonchev–Trinajstić information content (AvgIpc) is 3.11. The van der Waals surface area contributed by atoms with Crippen LogP contribution in [0.3, 0.4) is 0 Å². The molecule has 0 fully saturated rings. The lowest BCUT2D eigenvalue weighted by molar-refractivity contribution is 0.881. The van der Waals surface area contributed by atoms with Gasteiger partial charge >= 0.3 is 0 Å². The molecule has 0 amide bonds. The number of hydrogen-bond donors (Lipinski definition) is 3. The standard InChI is InChI=1S/C11H7BrN8/c12-10-7-2-1-3-8(9(7)15-16-10)14-5-6(4-13)11-17-19-20-18-11/h1-3,5,14H,(H,15,16)(H,17,18,19,20). The predicted molar refractivity (Wildman–Crippen MR) is 75.2 cm³/mol. The van der Waals surface area contributed by atoms with Crippen LogP contribution in [0.5, 0.6) is 0 Å². The van der Waals surface area contributed by atoms with Crippen LogP contribution in [0.25, 0.3) is 16.5 Å². The molecule has 0 spiro atoms. The third-order valence-electron chi connectivity index (χ3n) is 2.62. The van der Waals surface area contributed by atoms with Gasteiger partial charge in [0.25, 0.3) is 0 Å². The van der Waals surface area contributed by atoms with E-state index in [1.807, 2.05) is 24.3 Å². The zero-order valence-corrected chi connectivity index (χ0v) is 11.5. The summed E-state index contributed by atoms with van der Waals surface area (Å²) in [5.41, 5.74) is 1.80. The van der Waals surface area contributed by atoms with Gasteiger partial charge in [0.05, 0.1) is 5.69 Å².